The molecule has 1 aromatic heterocycles. The zero-order valence-corrected chi connectivity index (χ0v) is 12.1. The van der Waals surface area contributed by atoms with Crippen LogP contribution in [0.1, 0.15) is 5.56 Å². The number of amides is 4. The summed E-state index contributed by atoms with van der Waals surface area (Å²) in [5.74, 6) is -0.822. The molecule has 2 N–H and O–H groups in total. The lowest BCUT2D eigenvalue weighted by Crippen LogP contribution is -2.40. The van der Waals surface area contributed by atoms with Crippen LogP contribution < -0.4 is 10.6 Å². The Balaban J connectivity index is 1.64. The molecule has 23 heavy (non-hydrogen) atoms. The molecule has 0 spiro atoms. The molecule has 0 unspecified atom stereocenters. The second-order valence-corrected chi connectivity index (χ2v) is 4.88. The predicted octanol–water partition coefficient (Wildman–Crippen LogP) is -0.565. The quantitative estimate of drug-likeness (QED) is 0.719. The van der Waals surface area contributed by atoms with E-state index in [2.05, 4.69) is 20.7 Å². The molecule has 2 heterocycles. The largest absolute Gasteiger partial charge is 0.350 e. The Morgan fingerprint density at radius 2 is 2.13 bits per heavy atom. The summed E-state index contributed by atoms with van der Waals surface area (Å²) in [5.41, 5.74) is 1.63. The van der Waals surface area contributed by atoms with Crippen molar-refractivity contribution in [3.8, 4) is 5.69 Å². The smallest absolute Gasteiger partial charge is 0.325 e. The van der Waals surface area contributed by atoms with Gasteiger partial charge in [0.25, 0.3) is 5.91 Å². The van der Waals surface area contributed by atoms with Gasteiger partial charge >= 0.3 is 6.03 Å². The fraction of sp³-hybridized carbons (Fsp3) is 0.214. The van der Waals surface area contributed by atoms with Gasteiger partial charge in [-0.25, -0.2) is 14.5 Å². The van der Waals surface area contributed by atoms with Gasteiger partial charge in [-0.2, -0.15) is 5.10 Å². The number of nitrogens with zero attached hydrogens (tertiary/aromatic N) is 4. The fourth-order valence-electron chi connectivity index (χ4n) is 2.23. The second-order valence-electron chi connectivity index (χ2n) is 4.88. The van der Waals surface area contributed by atoms with Crippen LogP contribution in [0.2, 0.25) is 0 Å². The third-order valence-electron chi connectivity index (χ3n) is 3.37. The van der Waals surface area contributed by atoms with Crippen LogP contribution in [-0.4, -0.2) is 50.6 Å². The van der Waals surface area contributed by atoms with Crippen molar-refractivity contribution in [2.75, 3.05) is 13.1 Å². The lowest BCUT2D eigenvalue weighted by atomic mass is 10.2. The zero-order valence-electron chi connectivity index (χ0n) is 12.1. The molecule has 0 atom stereocenters. The number of carbonyl (C=O) groups excluding carboxylic acids is 3. The molecule has 3 rings (SSSR count). The fourth-order valence-corrected chi connectivity index (χ4v) is 2.23. The molecular weight excluding hydrogens is 300 g/mol. The van der Waals surface area contributed by atoms with Crippen molar-refractivity contribution in [3.05, 3.63) is 42.5 Å². The van der Waals surface area contributed by atoms with Gasteiger partial charge in [-0.3, -0.25) is 14.5 Å². The highest BCUT2D eigenvalue weighted by molar-refractivity contribution is 6.04. The van der Waals surface area contributed by atoms with Gasteiger partial charge in [-0.05, 0) is 11.6 Å². The molecule has 0 bridgehead atoms. The minimum atomic E-state index is -0.548. The summed E-state index contributed by atoms with van der Waals surface area (Å²) in [6.45, 7) is -0.115. The third-order valence-corrected chi connectivity index (χ3v) is 3.37. The van der Waals surface area contributed by atoms with Crippen LogP contribution >= 0.6 is 0 Å². The van der Waals surface area contributed by atoms with E-state index in [1.54, 1.807) is 11.0 Å². The highest BCUT2D eigenvalue weighted by Gasteiger charge is 2.29. The van der Waals surface area contributed by atoms with Gasteiger partial charge in [0, 0.05) is 6.54 Å². The summed E-state index contributed by atoms with van der Waals surface area (Å²) in [6, 6.07) is 6.86. The Kier molecular flexibility index (Phi) is 4.00. The van der Waals surface area contributed by atoms with Crippen molar-refractivity contribution in [2.24, 2.45) is 0 Å². The summed E-state index contributed by atoms with van der Waals surface area (Å²) in [7, 11) is 0. The number of benzene rings is 1. The van der Waals surface area contributed by atoms with Gasteiger partial charge in [0.1, 0.15) is 19.2 Å². The van der Waals surface area contributed by atoms with Gasteiger partial charge < -0.3 is 10.6 Å². The number of nitrogens with one attached hydrogen (secondary N) is 2. The summed E-state index contributed by atoms with van der Waals surface area (Å²) in [5, 5.41) is 9.12. The first-order chi connectivity index (χ1) is 11.1. The van der Waals surface area contributed by atoms with Crippen LogP contribution in [0.5, 0.6) is 0 Å². The van der Waals surface area contributed by atoms with Crippen LogP contribution in [0.3, 0.4) is 0 Å². The van der Waals surface area contributed by atoms with E-state index in [0.29, 0.717) is 0 Å². The molecular formula is C14H14N6O3. The monoisotopic (exact) mass is 314 g/mol. The number of para-hydroxylation sites is 1. The van der Waals surface area contributed by atoms with Crippen molar-refractivity contribution in [2.45, 2.75) is 6.54 Å². The number of imide groups is 1. The third kappa shape index (κ3) is 3.18. The van der Waals surface area contributed by atoms with E-state index in [1.165, 1.54) is 6.33 Å². The normalized spacial score (nSPS) is 14.0. The Bertz CT molecular complexity index is 727. The first-order valence-electron chi connectivity index (χ1n) is 6.93. The molecule has 1 aliphatic heterocycles. The minimum absolute atomic E-state index is 0.0682. The molecule has 1 saturated heterocycles. The molecule has 118 valence electrons. The molecule has 0 radical (unpaired) electrons. The van der Waals surface area contributed by atoms with Crippen LogP contribution in [0, 0.1) is 0 Å². The summed E-state index contributed by atoms with van der Waals surface area (Å²) in [6.07, 6.45) is 2.99. The molecule has 0 aliphatic carbocycles. The molecule has 9 heteroatoms. The maximum Gasteiger partial charge on any atom is 0.325 e. The predicted molar refractivity (Wildman–Crippen MR) is 78.3 cm³/mol. The van der Waals surface area contributed by atoms with Gasteiger partial charge in [0.15, 0.2) is 0 Å². The Morgan fingerprint density at radius 1 is 1.30 bits per heavy atom. The molecule has 4 amide bonds. The number of urea groups is 1. The van der Waals surface area contributed by atoms with Crippen molar-refractivity contribution in [1.82, 2.24) is 30.3 Å². The molecule has 1 aliphatic rings. The van der Waals surface area contributed by atoms with Crippen LogP contribution in [0.4, 0.5) is 4.79 Å². The van der Waals surface area contributed by atoms with Crippen molar-refractivity contribution in [3.63, 3.8) is 0 Å². The first-order valence-corrected chi connectivity index (χ1v) is 6.93. The van der Waals surface area contributed by atoms with E-state index in [4.69, 9.17) is 0 Å². The Hall–Kier alpha value is -3.23. The standard InChI is InChI=1S/C14H14N6O3/c21-12(7-19-13(22)6-17-14(19)23)16-5-10-3-1-2-4-11(10)20-9-15-8-18-20/h1-4,8-9H,5-7H2,(H,16,21)(H,17,23). The molecule has 2 aromatic rings. The SMILES string of the molecule is O=C(CN1C(=O)CNC1=O)NCc1ccccc1-n1cncn1. The summed E-state index contributed by atoms with van der Waals surface area (Å²) >= 11 is 0. The number of hydrogen-bond donors (Lipinski definition) is 2. The Labute approximate surface area is 131 Å². The highest BCUT2D eigenvalue weighted by Crippen LogP contribution is 2.12. The van der Waals surface area contributed by atoms with Crippen molar-refractivity contribution >= 4 is 17.8 Å². The zero-order chi connectivity index (χ0) is 16.2. The molecule has 0 saturated carbocycles. The average Bonchev–Trinajstić information content (AvgIpc) is 3.19. The molecule has 9 nitrogen and oxygen atoms in total. The Morgan fingerprint density at radius 3 is 2.83 bits per heavy atom. The number of rotatable bonds is 5. The number of hydrogen-bond acceptors (Lipinski definition) is 5. The van der Waals surface area contributed by atoms with Crippen LogP contribution in [-0.2, 0) is 16.1 Å². The second kappa shape index (κ2) is 6.26. The van der Waals surface area contributed by atoms with E-state index in [0.717, 1.165) is 16.2 Å². The summed E-state index contributed by atoms with van der Waals surface area (Å²) < 4.78 is 1.60. The van der Waals surface area contributed by atoms with Gasteiger partial charge in [-0.15, -0.1) is 0 Å². The topological polar surface area (TPSA) is 109 Å². The first kappa shape index (κ1) is 14.7. The van der Waals surface area contributed by atoms with E-state index >= 15 is 0 Å². The summed E-state index contributed by atoms with van der Waals surface area (Å²) in [4.78, 5) is 39.6. The van der Waals surface area contributed by atoms with E-state index in [9.17, 15) is 14.4 Å². The van der Waals surface area contributed by atoms with E-state index in [-0.39, 0.29) is 19.6 Å². The van der Waals surface area contributed by atoms with Crippen LogP contribution in [0.15, 0.2) is 36.9 Å². The van der Waals surface area contributed by atoms with Gasteiger partial charge in [0.05, 0.1) is 12.2 Å². The van der Waals surface area contributed by atoms with Crippen molar-refractivity contribution in [1.29, 1.82) is 0 Å². The maximum atomic E-state index is 11.9. The number of carbonyl (C=O) groups is 3. The highest BCUT2D eigenvalue weighted by atomic mass is 16.2. The van der Waals surface area contributed by atoms with E-state index < -0.39 is 17.8 Å². The van der Waals surface area contributed by atoms with Gasteiger partial charge in [-0.1, -0.05) is 18.2 Å². The maximum absolute atomic E-state index is 11.9. The average molecular weight is 314 g/mol. The van der Waals surface area contributed by atoms with E-state index in [1.807, 2.05) is 24.3 Å². The van der Waals surface area contributed by atoms with Crippen LogP contribution in [0.25, 0.3) is 5.69 Å². The molecule has 1 fully saturated rings. The lowest BCUT2D eigenvalue weighted by molar-refractivity contribution is -0.130. The van der Waals surface area contributed by atoms with Crippen molar-refractivity contribution < 1.29 is 14.4 Å². The molecule has 1 aromatic carbocycles. The lowest BCUT2D eigenvalue weighted by Gasteiger charge is -2.13. The van der Waals surface area contributed by atoms with Gasteiger partial charge in [0.2, 0.25) is 5.91 Å². The minimum Gasteiger partial charge on any atom is -0.350 e. The number of aromatic nitrogens is 3.